The molecule has 9 heteroatoms. The third-order valence-electron chi connectivity index (χ3n) is 3.94. The zero-order chi connectivity index (χ0) is 17.8. The Labute approximate surface area is 141 Å². The van der Waals surface area contributed by atoms with Crippen LogP contribution in [0.2, 0.25) is 0 Å². The summed E-state index contributed by atoms with van der Waals surface area (Å²) in [6, 6.07) is 4.68. The molecule has 1 aromatic carbocycles. The summed E-state index contributed by atoms with van der Waals surface area (Å²) in [6.45, 7) is 2.44. The van der Waals surface area contributed by atoms with Crippen LogP contribution in [-0.4, -0.2) is 45.9 Å². The van der Waals surface area contributed by atoms with E-state index in [4.69, 9.17) is 15.2 Å². The van der Waals surface area contributed by atoms with E-state index >= 15 is 0 Å². The molecule has 0 unspecified atom stereocenters. The highest BCUT2D eigenvalue weighted by atomic mass is 32.2. The molecule has 0 saturated carbocycles. The van der Waals surface area contributed by atoms with Gasteiger partial charge < -0.3 is 20.5 Å². The Balaban J connectivity index is 2.16. The van der Waals surface area contributed by atoms with E-state index < -0.39 is 15.6 Å². The van der Waals surface area contributed by atoms with Crippen molar-refractivity contribution in [2.24, 2.45) is 5.73 Å². The van der Waals surface area contributed by atoms with Gasteiger partial charge in [-0.15, -0.1) is 0 Å². The molecule has 0 radical (unpaired) electrons. The van der Waals surface area contributed by atoms with Crippen molar-refractivity contribution in [2.45, 2.75) is 25.3 Å². The maximum atomic E-state index is 12.4. The van der Waals surface area contributed by atoms with E-state index in [1.807, 2.05) is 0 Å². The lowest BCUT2D eigenvalue weighted by molar-refractivity contribution is -0.124. The first-order valence-corrected chi connectivity index (χ1v) is 9.31. The molecule has 1 aliphatic heterocycles. The average Bonchev–Trinajstić information content (AvgIpc) is 2.56. The number of anilines is 2. The van der Waals surface area contributed by atoms with Gasteiger partial charge in [-0.25, -0.2) is 8.42 Å². The van der Waals surface area contributed by atoms with Gasteiger partial charge in [0.15, 0.2) is 0 Å². The monoisotopic (exact) mass is 357 g/mol. The minimum Gasteiger partial charge on any atom is -0.494 e. The van der Waals surface area contributed by atoms with Crippen LogP contribution < -0.4 is 20.5 Å². The van der Waals surface area contributed by atoms with Crippen LogP contribution in [0.15, 0.2) is 18.2 Å². The number of nitrogens with two attached hydrogens (primary N) is 1. The molecule has 8 nitrogen and oxygen atoms in total. The molecular formula is C15H23N3O5S. The first-order chi connectivity index (χ1) is 11.3. The second-order valence-electron chi connectivity index (χ2n) is 5.64. The summed E-state index contributed by atoms with van der Waals surface area (Å²) in [5.74, 6) is -0.0375. The van der Waals surface area contributed by atoms with Gasteiger partial charge in [0.05, 0.1) is 18.6 Å². The van der Waals surface area contributed by atoms with Gasteiger partial charge in [0.2, 0.25) is 15.9 Å². The fourth-order valence-electron chi connectivity index (χ4n) is 2.31. The zero-order valence-electron chi connectivity index (χ0n) is 13.8. The van der Waals surface area contributed by atoms with Gasteiger partial charge in [-0.1, -0.05) is 0 Å². The van der Waals surface area contributed by atoms with Gasteiger partial charge in [-0.2, -0.15) is 0 Å². The minimum absolute atomic E-state index is 0.0492. The molecule has 0 aliphatic carbocycles. The Morgan fingerprint density at radius 2 is 2.04 bits per heavy atom. The van der Waals surface area contributed by atoms with E-state index in [1.54, 1.807) is 12.1 Å². The number of nitrogens with one attached hydrogen (secondary N) is 2. The number of methoxy groups -OCH3 is 1. The standard InChI is InChI=1S/C15H23N3O5S/c1-3-24(20,21)18-12-5-4-11(10-13(12)22-2)17-14(19)15(16)6-8-23-9-7-15/h4-5,10,18H,3,6-9,16H2,1-2H3,(H,17,19). The average molecular weight is 357 g/mol. The second kappa shape index (κ2) is 7.37. The third kappa shape index (κ3) is 4.37. The molecule has 1 heterocycles. The number of benzene rings is 1. The quantitative estimate of drug-likeness (QED) is 0.696. The molecule has 24 heavy (non-hydrogen) atoms. The van der Waals surface area contributed by atoms with Crippen molar-refractivity contribution in [1.82, 2.24) is 0 Å². The van der Waals surface area contributed by atoms with Gasteiger partial charge in [-0.05, 0) is 31.9 Å². The summed E-state index contributed by atoms with van der Waals surface area (Å²) in [5.41, 5.74) is 5.96. The van der Waals surface area contributed by atoms with Crippen molar-refractivity contribution in [3.8, 4) is 5.75 Å². The Morgan fingerprint density at radius 3 is 2.62 bits per heavy atom. The lowest BCUT2D eigenvalue weighted by atomic mass is 9.90. The molecule has 0 spiro atoms. The summed E-state index contributed by atoms with van der Waals surface area (Å²) in [4.78, 5) is 12.4. The van der Waals surface area contributed by atoms with E-state index in [0.29, 0.717) is 43.2 Å². The highest BCUT2D eigenvalue weighted by molar-refractivity contribution is 7.92. The third-order valence-corrected chi connectivity index (χ3v) is 5.23. The molecule has 1 aliphatic rings. The summed E-state index contributed by atoms with van der Waals surface area (Å²) in [6.07, 6.45) is 0.898. The van der Waals surface area contributed by atoms with E-state index in [0.717, 1.165) is 0 Å². The SMILES string of the molecule is CCS(=O)(=O)Nc1ccc(NC(=O)C2(N)CCOCC2)cc1OC. The lowest BCUT2D eigenvalue weighted by Gasteiger charge is -2.31. The molecule has 1 amide bonds. The number of carbonyl (C=O) groups is 1. The summed E-state index contributed by atoms with van der Waals surface area (Å²) >= 11 is 0. The number of ether oxygens (including phenoxy) is 2. The molecule has 1 saturated heterocycles. The van der Waals surface area contributed by atoms with E-state index in [2.05, 4.69) is 10.0 Å². The van der Waals surface area contributed by atoms with Gasteiger partial charge in [0.1, 0.15) is 11.3 Å². The Morgan fingerprint density at radius 1 is 1.38 bits per heavy atom. The van der Waals surface area contributed by atoms with Gasteiger partial charge >= 0.3 is 0 Å². The Hall–Kier alpha value is -1.84. The molecule has 134 valence electrons. The van der Waals surface area contributed by atoms with Crippen molar-refractivity contribution in [1.29, 1.82) is 0 Å². The predicted molar refractivity (Wildman–Crippen MR) is 91.7 cm³/mol. The molecule has 4 N–H and O–H groups in total. The van der Waals surface area contributed by atoms with Crippen LogP contribution in [-0.2, 0) is 19.6 Å². The first-order valence-electron chi connectivity index (χ1n) is 7.66. The zero-order valence-corrected chi connectivity index (χ0v) is 14.6. The summed E-state index contributed by atoms with van der Waals surface area (Å²) in [5, 5.41) is 2.75. The number of sulfonamides is 1. The van der Waals surface area contributed by atoms with Crippen molar-refractivity contribution in [3.05, 3.63) is 18.2 Å². The van der Waals surface area contributed by atoms with Crippen LogP contribution >= 0.6 is 0 Å². The Bertz CT molecular complexity index is 699. The van der Waals surface area contributed by atoms with Crippen molar-refractivity contribution in [3.63, 3.8) is 0 Å². The first kappa shape index (κ1) is 18.5. The van der Waals surface area contributed by atoms with Gasteiger partial charge in [0.25, 0.3) is 0 Å². The second-order valence-corrected chi connectivity index (χ2v) is 7.65. The van der Waals surface area contributed by atoms with E-state index in [-0.39, 0.29) is 11.7 Å². The molecule has 0 aromatic heterocycles. The van der Waals surface area contributed by atoms with E-state index in [9.17, 15) is 13.2 Å². The predicted octanol–water partition coefficient (Wildman–Crippen LogP) is 0.903. The molecule has 1 fully saturated rings. The van der Waals surface area contributed by atoms with Crippen molar-refractivity contribution in [2.75, 3.05) is 36.1 Å². The summed E-state index contributed by atoms with van der Waals surface area (Å²) in [7, 11) is -2.00. The number of hydrogen-bond acceptors (Lipinski definition) is 6. The molecule has 0 bridgehead atoms. The molecule has 2 rings (SSSR count). The van der Waals surface area contributed by atoms with Gasteiger partial charge in [-0.3, -0.25) is 9.52 Å². The van der Waals surface area contributed by atoms with Crippen molar-refractivity contribution >= 4 is 27.3 Å². The molecule has 0 atom stereocenters. The summed E-state index contributed by atoms with van der Waals surface area (Å²) < 4.78 is 36.2. The Kier molecular flexibility index (Phi) is 5.68. The lowest BCUT2D eigenvalue weighted by Crippen LogP contribution is -2.54. The van der Waals surface area contributed by atoms with Crippen LogP contribution in [0.5, 0.6) is 5.75 Å². The maximum Gasteiger partial charge on any atom is 0.244 e. The van der Waals surface area contributed by atoms with Crippen LogP contribution in [0.25, 0.3) is 0 Å². The fraction of sp³-hybridized carbons (Fsp3) is 0.533. The van der Waals surface area contributed by atoms with E-state index in [1.165, 1.54) is 20.1 Å². The van der Waals surface area contributed by atoms with Crippen LogP contribution in [0.1, 0.15) is 19.8 Å². The number of carbonyl (C=O) groups excluding carboxylic acids is 1. The van der Waals surface area contributed by atoms with Gasteiger partial charge in [0, 0.05) is 25.0 Å². The van der Waals surface area contributed by atoms with Crippen LogP contribution in [0, 0.1) is 0 Å². The molecular weight excluding hydrogens is 334 g/mol. The fourth-order valence-corrected chi connectivity index (χ4v) is 2.96. The van der Waals surface area contributed by atoms with Crippen molar-refractivity contribution < 1.29 is 22.7 Å². The smallest absolute Gasteiger partial charge is 0.244 e. The van der Waals surface area contributed by atoms with Crippen LogP contribution in [0.4, 0.5) is 11.4 Å². The van der Waals surface area contributed by atoms with Crippen LogP contribution in [0.3, 0.4) is 0 Å². The normalized spacial score (nSPS) is 17.1. The highest BCUT2D eigenvalue weighted by Crippen LogP contribution is 2.29. The molecule has 1 aromatic rings. The topological polar surface area (TPSA) is 120 Å². The maximum absolute atomic E-state index is 12.4. The number of hydrogen-bond donors (Lipinski definition) is 3. The number of rotatable bonds is 6. The minimum atomic E-state index is -3.42. The number of amides is 1. The largest absolute Gasteiger partial charge is 0.494 e. The highest BCUT2D eigenvalue weighted by Gasteiger charge is 2.36.